The Bertz CT molecular complexity index is 420. The molecular formula is C12H13BF3KO. The first-order chi connectivity index (χ1) is 8.07. The molecule has 0 spiro atoms. The number of para-hydroxylation sites is 1. The summed E-state index contributed by atoms with van der Waals surface area (Å²) in [5, 5.41) is 0. The SMILES string of the molecule is F[B-](F)(F)c1ccccc1OC1C=CCCC1.[K+]. The average molecular weight is 280 g/mol. The first-order valence-electron chi connectivity index (χ1n) is 5.69. The Hall–Kier alpha value is 0.251. The predicted octanol–water partition coefficient (Wildman–Crippen LogP) is 0.232. The molecule has 0 amide bonds. The van der Waals surface area contributed by atoms with Crippen molar-refractivity contribution in [2.24, 2.45) is 0 Å². The largest absolute Gasteiger partial charge is 1.00 e. The molecule has 0 aromatic heterocycles. The van der Waals surface area contributed by atoms with E-state index in [1.165, 1.54) is 12.1 Å². The minimum atomic E-state index is -5.02. The molecule has 0 radical (unpaired) electrons. The Kier molecular flexibility index (Phi) is 6.47. The van der Waals surface area contributed by atoms with Crippen molar-refractivity contribution in [3.8, 4) is 5.75 Å². The van der Waals surface area contributed by atoms with Gasteiger partial charge in [0.2, 0.25) is 0 Å². The predicted molar refractivity (Wildman–Crippen MR) is 62.6 cm³/mol. The molecule has 0 saturated heterocycles. The van der Waals surface area contributed by atoms with Gasteiger partial charge in [-0.25, -0.2) is 0 Å². The van der Waals surface area contributed by atoms with Crippen LogP contribution in [0.25, 0.3) is 0 Å². The summed E-state index contributed by atoms with van der Waals surface area (Å²) in [6, 6.07) is 5.40. The van der Waals surface area contributed by atoms with E-state index in [-0.39, 0.29) is 63.2 Å². The van der Waals surface area contributed by atoms with Crippen molar-refractivity contribution in [3.05, 3.63) is 36.4 Å². The number of ether oxygens (including phenoxy) is 1. The fourth-order valence-electron chi connectivity index (χ4n) is 1.90. The van der Waals surface area contributed by atoms with Crippen molar-refractivity contribution in [2.75, 3.05) is 0 Å². The van der Waals surface area contributed by atoms with Crippen molar-refractivity contribution >= 4 is 12.4 Å². The molecular weight excluding hydrogens is 267 g/mol. The second-order valence-corrected chi connectivity index (χ2v) is 4.13. The van der Waals surface area contributed by atoms with Crippen molar-refractivity contribution in [1.29, 1.82) is 0 Å². The Labute approximate surface area is 147 Å². The zero-order valence-electron chi connectivity index (χ0n) is 10.3. The molecule has 0 saturated carbocycles. The normalized spacial score (nSPS) is 19.2. The third-order valence-corrected chi connectivity index (χ3v) is 2.76. The van der Waals surface area contributed by atoms with Gasteiger partial charge in [0.15, 0.2) is 0 Å². The molecule has 1 atom stereocenters. The van der Waals surface area contributed by atoms with Crippen LogP contribution >= 0.6 is 0 Å². The second kappa shape index (κ2) is 7.15. The van der Waals surface area contributed by atoms with Crippen LogP contribution in [0.4, 0.5) is 12.9 Å². The molecule has 1 aromatic carbocycles. The zero-order valence-corrected chi connectivity index (χ0v) is 13.4. The topological polar surface area (TPSA) is 9.23 Å². The van der Waals surface area contributed by atoms with Gasteiger partial charge < -0.3 is 17.7 Å². The Morgan fingerprint density at radius 2 is 1.89 bits per heavy atom. The van der Waals surface area contributed by atoms with Gasteiger partial charge in [-0.2, -0.15) is 0 Å². The van der Waals surface area contributed by atoms with E-state index in [0.29, 0.717) is 0 Å². The van der Waals surface area contributed by atoms with Crippen LogP contribution in [0, 0.1) is 0 Å². The maximum atomic E-state index is 12.8. The molecule has 0 heterocycles. The summed E-state index contributed by atoms with van der Waals surface area (Å²) in [5.41, 5.74) is -0.647. The number of allylic oxidation sites excluding steroid dienone is 1. The van der Waals surface area contributed by atoms with Crippen LogP contribution in [0.5, 0.6) is 5.75 Å². The summed E-state index contributed by atoms with van der Waals surface area (Å²) in [6.45, 7) is -5.02. The summed E-state index contributed by atoms with van der Waals surface area (Å²) in [5.74, 6) is -0.0587. The van der Waals surface area contributed by atoms with E-state index in [1.807, 2.05) is 12.2 Å². The van der Waals surface area contributed by atoms with Crippen molar-refractivity contribution in [1.82, 2.24) is 0 Å². The van der Waals surface area contributed by atoms with Gasteiger partial charge >= 0.3 is 58.4 Å². The standard InChI is InChI=1S/C12H13BF3O.K/c14-13(15,16)11-8-4-5-9-12(11)17-10-6-2-1-3-7-10;/h2,4-6,8-10H,1,3,7H2;/q-1;+1. The molecule has 0 N–H and O–H groups in total. The van der Waals surface area contributed by atoms with Crippen LogP contribution in [0.3, 0.4) is 0 Å². The Morgan fingerprint density at radius 1 is 1.17 bits per heavy atom. The summed E-state index contributed by atoms with van der Waals surface area (Å²) in [4.78, 5) is 0. The Morgan fingerprint density at radius 3 is 2.50 bits per heavy atom. The van der Waals surface area contributed by atoms with E-state index in [9.17, 15) is 12.9 Å². The van der Waals surface area contributed by atoms with Crippen LogP contribution in [0.1, 0.15) is 19.3 Å². The van der Waals surface area contributed by atoms with Crippen molar-refractivity contribution < 1.29 is 69.1 Å². The van der Waals surface area contributed by atoms with Gasteiger partial charge in [0.05, 0.1) is 5.75 Å². The molecule has 18 heavy (non-hydrogen) atoms. The smallest absolute Gasteiger partial charge is 0.489 e. The number of rotatable bonds is 3. The summed E-state index contributed by atoms with van der Waals surface area (Å²) < 4.78 is 43.7. The number of halogens is 3. The van der Waals surface area contributed by atoms with Gasteiger partial charge in [-0.3, -0.25) is 0 Å². The number of hydrogen-bond acceptors (Lipinski definition) is 1. The molecule has 2 rings (SSSR count). The molecule has 0 aliphatic heterocycles. The monoisotopic (exact) mass is 280 g/mol. The molecule has 1 nitrogen and oxygen atoms in total. The van der Waals surface area contributed by atoms with E-state index in [1.54, 1.807) is 6.07 Å². The fourth-order valence-corrected chi connectivity index (χ4v) is 1.90. The van der Waals surface area contributed by atoms with Crippen LogP contribution in [-0.2, 0) is 0 Å². The number of benzene rings is 1. The third-order valence-electron chi connectivity index (χ3n) is 2.76. The van der Waals surface area contributed by atoms with Crippen molar-refractivity contribution in [3.63, 3.8) is 0 Å². The van der Waals surface area contributed by atoms with Gasteiger partial charge in [-0.1, -0.05) is 29.7 Å². The summed E-state index contributed by atoms with van der Waals surface area (Å²) in [7, 11) is 0. The maximum Gasteiger partial charge on any atom is 1.00 e. The van der Waals surface area contributed by atoms with E-state index < -0.39 is 12.4 Å². The number of hydrogen-bond donors (Lipinski definition) is 0. The van der Waals surface area contributed by atoms with Gasteiger partial charge in [-0.15, -0.1) is 0 Å². The van der Waals surface area contributed by atoms with E-state index in [2.05, 4.69) is 0 Å². The minimum absolute atomic E-state index is 0. The van der Waals surface area contributed by atoms with E-state index in [4.69, 9.17) is 4.74 Å². The minimum Gasteiger partial charge on any atom is -0.489 e. The van der Waals surface area contributed by atoms with E-state index in [0.717, 1.165) is 25.3 Å². The van der Waals surface area contributed by atoms with Crippen LogP contribution in [-0.4, -0.2) is 13.1 Å². The average Bonchev–Trinajstić information content (AvgIpc) is 2.30. The molecule has 1 aromatic rings. The van der Waals surface area contributed by atoms with Gasteiger partial charge in [-0.05, 0) is 31.4 Å². The third kappa shape index (κ3) is 4.42. The quantitative estimate of drug-likeness (QED) is 0.569. The Balaban J connectivity index is 0.00000162. The second-order valence-electron chi connectivity index (χ2n) is 4.13. The molecule has 0 fully saturated rings. The van der Waals surface area contributed by atoms with Gasteiger partial charge in [0, 0.05) is 0 Å². The summed E-state index contributed by atoms with van der Waals surface area (Å²) >= 11 is 0. The molecule has 1 unspecified atom stereocenters. The van der Waals surface area contributed by atoms with Crippen LogP contribution in [0.2, 0.25) is 0 Å². The molecule has 92 valence electrons. The maximum absolute atomic E-state index is 12.8. The molecule has 6 heteroatoms. The summed E-state index contributed by atoms with van der Waals surface area (Å²) in [6.07, 6.45) is 6.27. The first kappa shape index (κ1) is 16.3. The van der Waals surface area contributed by atoms with E-state index >= 15 is 0 Å². The molecule has 0 bridgehead atoms. The first-order valence-corrected chi connectivity index (χ1v) is 5.69. The molecule has 1 aliphatic carbocycles. The van der Waals surface area contributed by atoms with Gasteiger partial charge in [0.25, 0.3) is 0 Å². The van der Waals surface area contributed by atoms with Crippen LogP contribution in [0.15, 0.2) is 36.4 Å². The van der Waals surface area contributed by atoms with Crippen molar-refractivity contribution in [2.45, 2.75) is 25.4 Å². The van der Waals surface area contributed by atoms with Gasteiger partial charge in [0.1, 0.15) is 6.10 Å². The fraction of sp³-hybridized carbons (Fsp3) is 0.333. The zero-order chi connectivity index (χ0) is 12.3. The van der Waals surface area contributed by atoms with Crippen LogP contribution < -0.4 is 61.6 Å². The molecule has 1 aliphatic rings.